The summed E-state index contributed by atoms with van der Waals surface area (Å²) in [7, 11) is 1.69. The van der Waals surface area contributed by atoms with Crippen LogP contribution in [0.4, 0.5) is 0 Å². The predicted octanol–water partition coefficient (Wildman–Crippen LogP) is 1.82. The van der Waals surface area contributed by atoms with Gasteiger partial charge in [-0.3, -0.25) is 14.0 Å². The van der Waals surface area contributed by atoms with E-state index in [0.29, 0.717) is 12.3 Å². The summed E-state index contributed by atoms with van der Waals surface area (Å²) in [6, 6.07) is 1.87. The Morgan fingerprint density at radius 1 is 1.33 bits per heavy atom. The van der Waals surface area contributed by atoms with Crippen LogP contribution in [0.25, 0.3) is 16.9 Å². The number of nitrogens with one attached hydrogen (secondary N) is 1. The van der Waals surface area contributed by atoms with Crippen molar-refractivity contribution in [3.8, 4) is 11.3 Å². The number of rotatable bonds is 3. The third-order valence-electron chi connectivity index (χ3n) is 4.90. The quantitative estimate of drug-likeness (QED) is 0.759. The molecule has 8 nitrogen and oxygen atoms in total. The highest BCUT2D eigenvalue weighted by atomic mass is 16.5. The van der Waals surface area contributed by atoms with Gasteiger partial charge in [-0.05, 0) is 32.8 Å². The minimum absolute atomic E-state index is 0.0222. The van der Waals surface area contributed by atoms with Crippen LogP contribution in [0.15, 0.2) is 27.7 Å². The SMILES string of the molecule is Cc1cc(-c2cn3cc(C(=O)N[C@H]4CCCOC4)nc3c(=O)n2C)c(C)o1. The maximum absolute atomic E-state index is 12.8. The molecule has 1 amide bonds. The second kappa shape index (κ2) is 6.70. The Kier molecular flexibility index (Phi) is 4.35. The second-order valence-electron chi connectivity index (χ2n) is 6.95. The molecule has 0 unspecified atom stereocenters. The van der Waals surface area contributed by atoms with E-state index in [1.165, 1.54) is 4.57 Å². The van der Waals surface area contributed by atoms with Crippen molar-refractivity contribution in [2.45, 2.75) is 32.7 Å². The van der Waals surface area contributed by atoms with Gasteiger partial charge in [-0.15, -0.1) is 0 Å². The summed E-state index contributed by atoms with van der Waals surface area (Å²) in [6.07, 6.45) is 5.18. The molecule has 1 aliphatic heterocycles. The number of aromatic nitrogens is 3. The number of carbonyl (C=O) groups excluding carboxylic acids is 1. The van der Waals surface area contributed by atoms with Crippen LogP contribution < -0.4 is 10.9 Å². The van der Waals surface area contributed by atoms with Crippen molar-refractivity contribution in [3.63, 3.8) is 0 Å². The topological polar surface area (TPSA) is 90.8 Å². The fourth-order valence-corrected chi connectivity index (χ4v) is 3.49. The normalized spacial score (nSPS) is 17.4. The number of aryl methyl sites for hydroxylation is 2. The highest BCUT2D eigenvalue weighted by Gasteiger charge is 2.21. The van der Waals surface area contributed by atoms with Crippen molar-refractivity contribution >= 4 is 11.6 Å². The Morgan fingerprint density at radius 2 is 2.15 bits per heavy atom. The number of nitrogens with zero attached hydrogens (tertiary/aromatic N) is 3. The van der Waals surface area contributed by atoms with Crippen molar-refractivity contribution in [2.24, 2.45) is 7.05 Å². The van der Waals surface area contributed by atoms with Gasteiger partial charge in [0.05, 0.1) is 18.3 Å². The molecule has 0 aromatic carbocycles. The molecule has 1 atom stereocenters. The van der Waals surface area contributed by atoms with Crippen molar-refractivity contribution < 1.29 is 13.9 Å². The van der Waals surface area contributed by atoms with Crippen LogP contribution in [-0.2, 0) is 11.8 Å². The molecular weight excluding hydrogens is 348 g/mol. The summed E-state index contributed by atoms with van der Waals surface area (Å²) < 4.78 is 14.1. The zero-order valence-electron chi connectivity index (χ0n) is 15.6. The summed E-state index contributed by atoms with van der Waals surface area (Å²) in [5, 5.41) is 2.93. The van der Waals surface area contributed by atoms with E-state index in [1.807, 2.05) is 19.9 Å². The fourth-order valence-electron chi connectivity index (χ4n) is 3.49. The molecule has 27 heavy (non-hydrogen) atoms. The van der Waals surface area contributed by atoms with E-state index >= 15 is 0 Å². The van der Waals surface area contributed by atoms with Crippen LogP contribution in [-0.4, -0.2) is 39.1 Å². The van der Waals surface area contributed by atoms with Gasteiger partial charge in [-0.2, -0.15) is 0 Å². The fraction of sp³-hybridized carbons (Fsp3) is 0.421. The summed E-state index contributed by atoms with van der Waals surface area (Å²) in [4.78, 5) is 29.5. The van der Waals surface area contributed by atoms with Crippen LogP contribution in [0, 0.1) is 13.8 Å². The Bertz CT molecular complexity index is 1070. The van der Waals surface area contributed by atoms with Crippen LogP contribution in [0.1, 0.15) is 34.9 Å². The first-order valence-electron chi connectivity index (χ1n) is 8.99. The molecule has 142 valence electrons. The average Bonchev–Trinajstić information content (AvgIpc) is 3.22. The smallest absolute Gasteiger partial charge is 0.294 e. The van der Waals surface area contributed by atoms with E-state index in [2.05, 4.69) is 10.3 Å². The first-order chi connectivity index (χ1) is 12.9. The number of amides is 1. The Labute approximate surface area is 155 Å². The van der Waals surface area contributed by atoms with Crippen LogP contribution in [0.5, 0.6) is 0 Å². The average molecular weight is 370 g/mol. The summed E-state index contributed by atoms with van der Waals surface area (Å²) in [5.74, 6) is 1.21. The monoisotopic (exact) mass is 370 g/mol. The van der Waals surface area contributed by atoms with Gasteiger partial charge in [0.25, 0.3) is 11.5 Å². The predicted molar refractivity (Wildman–Crippen MR) is 98.9 cm³/mol. The van der Waals surface area contributed by atoms with Gasteiger partial charge in [-0.25, -0.2) is 4.98 Å². The largest absolute Gasteiger partial charge is 0.466 e. The standard InChI is InChI=1S/C19H22N4O4/c1-11-7-14(12(2)27-11)16-9-23-8-15(21-17(23)19(25)22(16)3)18(24)20-13-5-4-6-26-10-13/h7-9,13H,4-6,10H2,1-3H3,(H,20,24)/t13-/m0/s1. The third-order valence-corrected chi connectivity index (χ3v) is 4.90. The lowest BCUT2D eigenvalue weighted by atomic mass is 10.1. The molecule has 0 aliphatic carbocycles. The zero-order valence-corrected chi connectivity index (χ0v) is 15.6. The van der Waals surface area contributed by atoms with Gasteiger partial charge in [0.15, 0.2) is 0 Å². The lowest BCUT2D eigenvalue weighted by Gasteiger charge is -2.22. The van der Waals surface area contributed by atoms with E-state index in [4.69, 9.17) is 9.15 Å². The van der Waals surface area contributed by atoms with E-state index in [9.17, 15) is 9.59 Å². The number of hydrogen-bond acceptors (Lipinski definition) is 5. The van der Waals surface area contributed by atoms with E-state index in [1.54, 1.807) is 23.8 Å². The first-order valence-corrected chi connectivity index (χ1v) is 8.99. The maximum Gasteiger partial charge on any atom is 0.294 e. The van der Waals surface area contributed by atoms with E-state index in [-0.39, 0.29) is 28.8 Å². The molecular formula is C19H22N4O4. The minimum Gasteiger partial charge on any atom is -0.466 e. The number of fused-ring (bicyclic) bond motifs is 1. The first kappa shape index (κ1) is 17.5. The third kappa shape index (κ3) is 3.16. The molecule has 1 N–H and O–H groups in total. The molecule has 0 saturated carbocycles. The summed E-state index contributed by atoms with van der Waals surface area (Å²) >= 11 is 0. The van der Waals surface area contributed by atoms with E-state index in [0.717, 1.165) is 36.5 Å². The van der Waals surface area contributed by atoms with Crippen molar-refractivity contribution in [3.05, 3.63) is 46.0 Å². The molecule has 4 rings (SSSR count). The highest BCUT2D eigenvalue weighted by molar-refractivity contribution is 5.93. The van der Waals surface area contributed by atoms with E-state index < -0.39 is 0 Å². The van der Waals surface area contributed by atoms with Gasteiger partial charge in [0.2, 0.25) is 5.65 Å². The molecule has 4 heterocycles. The zero-order chi connectivity index (χ0) is 19.1. The van der Waals surface area contributed by atoms with Gasteiger partial charge in [0, 0.05) is 31.6 Å². The number of hydrogen-bond donors (Lipinski definition) is 1. The lowest BCUT2D eigenvalue weighted by molar-refractivity contribution is 0.0622. The van der Waals surface area contributed by atoms with Gasteiger partial charge >= 0.3 is 0 Å². The van der Waals surface area contributed by atoms with Crippen molar-refractivity contribution in [1.82, 2.24) is 19.3 Å². The minimum atomic E-state index is -0.298. The van der Waals surface area contributed by atoms with Gasteiger partial charge < -0.3 is 19.0 Å². The molecule has 1 fully saturated rings. The Hall–Kier alpha value is -2.87. The van der Waals surface area contributed by atoms with Crippen molar-refractivity contribution in [2.75, 3.05) is 13.2 Å². The molecule has 3 aromatic heterocycles. The number of furan rings is 1. The van der Waals surface area contributed by atoms with Crippen LogP contribution >= 0.6 is 0 Å². The van der Waals surface area contributed by atoms with Gasteiger partial charge in [0.1, 0.15) is 17.2 Å². The van der Waals surface area contributed by atoms with Crippen molar-refractivity contribution in [1.29, 1.82) is 0 Å². The highest BCUT2D eigenvalue weighted by Crippen LogP contribution is 2.25. The summed E-state index contributed by atoms with van der Waals surface area (Å²) in [5.41, 5.74) is 1.70. The molecule has 3 aromatic rings. The molecule has 1 aliphatic rings. The molecule has 0 radical (unpaired) electrons. The molecule has 8 heteroatoms. The molecule has 1 saturated heterocycles. The van der Waals surface area contributed by atoms with Crippen LogP contribution in [0.2, 0.25) is 0 Å². The number of ether oxygens (including phenoxy) is 1. The Balaban J connectivity index is 1.72. The maximum atomic E-state index is 12.8. The molecule has 0 bridgehead atoms. The van der Waals surface area contributed by atoms with Crippen LogP contribution in [0.3, 0.4) is 0 Å². The number of imidazole rings is 1. The second-order valence-corrected chi connectivity index (χ2v) is 6.95. The number of carbonyl (C=O) groups is 1. The Morgan fingerprint density at radius 3 is 2.81 bits per heavy atom. The lowest BCUT2D eigenvalue weighted by Crippen LogP contribution is -2.40. The van der Waals surface area contributed by atoms with Gasteiger partial charge in [-0.1, -0.05) is 0 Å². The summed E-state index contributed by atoms with van der Waals surface area (Å²) in [6.45, 7) is 4.95. The molecule has 0 spiro atoms.